The number of rotatable bonds is 3. The van der Waals surface area contributed by atoms with Crippen molar-refractivity contribution in [3.63, 3.8) is 0 Å². The van der Waals surface area contributed by atoms with Gasteiger partial charge in [-0.05, 0) is 18.1 Å². The number of nitrogens with zero attached hydrogens (tertiary/aromatic N) is 2. The van der Waals surface area contributed by atoms with Crippen molar-refractivity contribution in [1.29, 1.82) is 0 Å². The van der Waals surface area contributed by atoms with E-state index in [9.17, 15) is 13.2 Å². The molecule has 1 atom stereocenters. The van der Waals surface area contributed by atoms with Crippen LogP contribution in [-0.4, -0.2) is 48.9 Å². The molecule has 2 rings (SSSR count). The predicted molar refractivity (Wildman–Crippen MR) is 71.3 cm³/mol. The van der Waals surface area contributed by atoms with Gasteiger partial charge in [0, 0.05) is 32.0 Å². The summed E-state index contributed by atoms with van der Waals surface area (Å²) in [5.41, 5.74) is 0.906. The molecule has 2 amide bonds. The number of hydrogen-bond donors (Lipinski definition) is 1. The van der Waals surface area contributed by atoms with Gasteiger partial charge in [-0.1, -0.05) is 6.07 Å². The van der Waals surface area contributed by atoms with Gasteiger partial charge >= 0.3 is 6.03 Å². The number of carbonyl (C=O) groups excluding carboxylic acids is 1. The summed E-state index contributed by atoms with van der Waals surface area (Å²) in [5, 5.41) is 2.76. The number of carbonyl (C=O) groups is 1. The summed E-state index contributed by atoms with van der Waals surface area (Å²) in [5.74, 6) is 0.224. The number of sulfone groups is 1. The van der Waals surface area contributed by atoms with Crippen molar-refractivity contribution in [3.8, 4) is 0 Å². The quantitative estimate of drug-likeness (QED) is 0.871. The first-order valence-electron chi connectivity index (χ1n) is 6.08. The van der Waals surface area contributed by atoms with Gasteiger partial charge in [0.1, 0.15) is 0 Å². The lowest BCUT2D eigenvalue weighted by Gasteiger charge is -2.23. The van der Waals surface area contributed by atoms with Gasteiger partial charge in [0.25, 0.3) is 0 Å². The fourth-order valence-corrected chi connectivity index (χ4v) is 3.83. The van der Waals surface area contributed by atoms with Gasteiger partial charge in [0.2, 0.25) is 0 Å². The van der Waals surface area contributed by atoms with E-state index in [1.54, 1.807) is 25.5 Å². The van der Waals surface area contributed by atoms with Gasteiger partial charge in [-0.15, -0.1) is 0 Å². The molecule has 1 N–H and O–H groups in total. The van der Waals surface area contributed by atoms with E-state index in [-0.39, 0.29) is 23.6 Å². The Hall–Kier alpha value is -1.63. The molecule has 2 heterocycles. The van der Waals surface area contributed by atoms with Crippen molar-refractivity contribution in [2.75, 3.05) is 18.6 Å². The van der Waals surface area contributed by atoms with Crippen molar-refractivity contribution < 1.29 is 13.2 Å². The third-order valence-corrected chi connectivity index (χ3v) is 4.99. The van der Waals surface area contributed by atoms with Crippen molar-refractivity contribution in [3.05, 3.63) is 30.1 Å². The number of hydrogen-bond acceptors (Lipinski definition) is 4. The minimum Gasteiger partial charge on any atom is -0.334 e. The Morgan fingerprint density at radius 3 is 2.95 bits per heavy atom. The molecule has 7 heteroatoms. The first-order valence-corrected chi connectivity index (χ1v) is 7.90. The summed E-state index contributed by atoms with van der Waals surface area (Å²) in [6.45, 7) is 0.385. The highest BCUT2D eigenvalue weighted by Gasteiger charge is 2.32. The van der Waals surface area contributed by atoms with Gasteiger partial charge in [-0.3, -0.25) is 4.98 Å². The Labute approximate surface area is 112 Å². The Morgan fingerprint density at radius 1 is 1.58 bits per heavy atom. The maximum Gasteiger partial charge on any atom is 0.317 e. The topological polar surface area (TPSA) is 79.4 Å². The standard InChI is InChI=1S/C12H17N3O3S/c1-15(11-4-6-19(17,18)9-11)12(16)14-8-10-3-2-5-13-7-10/h2-3,5,7,11H,4,6,8-9H2,1H3,(H,14,16)/t11-/m1/s1. The van der Waals surface area contributed by atoms with Gasteiger partial charge in [0.15, 0.2) is 9.84 Å². The molecule has 1 aromatic rings. The molecule has 1 saturated heterocycles. The van der Waals surface area contributed by atoms with Gasteiger partial charge in [-0.25, -0.2) is 13.2 Å². The number of nitrogens with one attached hydrogen (secondary N) is 1. The lowest BCUT2D eigenvalue weighted by Crippen LogP contribution is -2.43. The summed E-state index contributed by atoms with van der Waals surface area (Å²) in [4.78, 5) is 17.3. The van der Waals surface area contributed by atoms with Crippen LogP contribution in [0.4, 0.5) is 4.79 Å². The Balaban J connectivity index is 1.87. The van der Waals surface area contributed by atoms with E-state index in [1.165, 1.54) is 4.90 Å². The van der Waals surface area contributed by atoms with E-state index in [0.717, 1.165) is 5.56 Å². The highest BCUT2D eigenvalue weighted by molar-refractivity contribution is 7.91. The molecule has 1 aliphatic rings. The monoisotopic (exact) mass is 283 g/mol. The molecule has 0 spiro atoms. The molecule has 1 fully saturated rings. The molecule has 0 aliphatic carbocycles. The number of urea groups is 1. The first-order chi connectivity index (χ1) is 8.98. The molecule has 0 bridgehead atoms. The molecular formula is C12H17N3O3S. The second kappa shape index (κ2) is 5.56. The highest BCUT2D eigenvalue weighted by atomic mass is 32.2. The maximum absolute atomic E-state index is 11.9. The molecular weight excluding hydrogens is 266 g/mol. The summed E-state index contributed by atoms with van der Waals surface area (Å²) >= 11 is 0. The summed E-state index contributed by atoms with van der Waals surface area (Å²) in [6.07, 6.45) is 3.86. The normalized spacial score (nSPS) is 21.0. The third kappa shape index (κ3) is 3.66. The zero-order valence-corrected chi connectivity index (χ0v) is 11.6. The van der Waals surface area contributed by atoms with E-state index < -0.39 is 9.84 Å². The number of amides is 2. The fourth-order valence-electron chi connectivity index (χ4n) is 2.05. The Morgan fingerprint density at radius 2 is 2.37 bits per heavy atom. The van der Waals surface area contributed by atoms with Crippen LogP contribution in [0.3, 0.4) is 0 Å². The van der Waals surface area contributed by atoms with Crippen LogP contribution in [0.5, 0.6) is 0 Å². The smallest absolute Gasteiger partial charge is 0.317 e. The van der Waals surface area contributed by atoms with Crippen LogP contribution in [0, 0.1) is 0 Å². The predicted octanol–water partition coefficient (Wildman–Crippen LogP) is 0.410. The Kier molecular flexibility index (Phi) is 4.04. The van der Waals surface area contributed by atoms with Gasteiger partial charge < -0.3 is 10.2 Å². The van der Waals surface area contributed by atoms with Crippen LogP contribution in [0.1, 0.15) is 12.0 Å². The third-order valence-electron chi connectivity index (χ3n) is 3.24. The molecule has 0 radical (unpaired) electrons. The molecule has 19 heavy (non-hydrogen) atoms. The van der Waals surface area contributed by atoms with Crippen LogP contribution in [0.15, 0.2) is 24.5 Å². The lowest BCUT2D eigenvalue weighted by molar-refractivity contribution is 0.194. The van der Waals surface area contributed by atoms with Crippen LogP contribution >= 0.6 is 0 Å². The van der Waals surface area contributed by atoms with Gasteiger partial charge in [-0.2, -0.15) is 0 Å². The zero-order chi connectivity index (χ0) is 13.9. The highest BCUT2D eigenvalue weighted by Crippen LogP contribution is 2.16. The lowest BCUT2D eigenvalue weighted by atomic mass is 10.2. The second-order valence-electron chi connectivity index (χ2n) is 4.69. The van der Waals surface area contributed by atoms with Crippen molar-refractivity contribution in [2.24, 2.45) is 0 Å². The fraction of sp³-hybridized carbons (Fsp3) is 0.500. The van der Waals surface area contributed by atoms with Crippen LogP contribution < -0.4 is 5.32 Å². The molecule has 0 aromatic carbocycles. The molecule has 0 saturated carbocycles. The first kappa shape index (κ1) is 13.8. The van der Waals surface area contributed by atoms with Crippen molar-refractivity contribution in [1.82, 2.24) is 15.2 Å². The Bertz CT molecular complexity index is 545. The number of pyridine rings is 1. The molecule has 1 aliphatic heterocycles. The zero-order valence-electron chi connectivity index (χ0n) is 10.7. The van der Waals surface area contributed by atoms with Crippen LogP contribution in [0.2, 0.25) is 0 Å². The average Bonchev–Trinajstić information content (AvgIpc) is 2.76. The minimum absolute atomic E-state index is 0.0593. The van der Waals surface area contributed by atoms with E-state index in [4.69, 9.17) is 0 Å². The SMILES string of the molecule is CN(C(=O)NCc1cccnc1)[C@@H]1CCS(=O)(=O)C1. The van der Waals surface area contributed by atoms with Crippen LogP contribution in [-0.2, 0) is 16.4 Å². The summed E-state index contributed by atoms with van der Waals surface area (Å²) < 4.78 is 22.8. The van der Waals surface area contributed by atoms with Crippen molar-refractivity contribution >= 4 is 15.9 Å². The van der Waals surface area contributed by atoms with Gasteiger partial charge in [0.05, 0.1) is 11.5 Å². The van der Waals surface area contributed by atoms with Crippen LogP contribution in [0.25, 0.3) is 0 Å². The second-order valence-corrected chi connectivity index (χ2v) is 6.92. The molecule has 6 nitrogen and oxygen atoms in total. The minimum atomic E-state index is -2.97. The number of aromatic nitrogens is 1. The molecule has 104 valence electrons. The molecule has 1 aromatic heterocycles. The molecule has 0 unspecified atom stereocenters. The maximum atomic E-state index is 11.9. The van der Waals surface area contributed by atoms with E-state index in [0.29, 0.717) is 13.0 Å². The summed E-state index contributed by atoms with van der Waals surface area (Å²) in [6, 6.07) is 3.19. The van der Waals surface area contributed by atoms with E-state index in [1.807, 2.05) is 6.07 Å². The summed E-state index contributed by atoms with van der Waals surface area (Å²) in [7, 11) is -1.34. The van der Waals surface area contributed by atoms with Crippen molar-refractivity contribution in [2.45, 2.75) is 19.0 Å². The van der Waals surface area contributed by atoms with E-state index in [2.05, 4.69) is 10.3 Å². The largest absolute Gasteiger partial charge is 0.334 e. The average molecular weight is 283 g/mol. The van der Waals surface area contributed by atoms with E-state index >= 15 is 0 Å².